The maximum atomic E-state index is 12.2. The summed E-state index contributed by atoms with van der Waals surface area (Å²) >= 11 is 3.23. The second-order valence-electron chi connectivity index (χ2n) is 9.27. The van der Waals surface area contributed by atoms with E-state index in [9.17, 15) is 34.3 Å². The normalized spacial score (nSPS) is 31.8. The molecular formula is C24H32BrN3O15. The maximum Gasteiger partial charge on any atom is 0.303 e. The molecule has 2 aliphatic rings. The van der Waals surface area contributed by atoms with Crippen molar-refractivity contribution in [3.05, 3.63) is 10.4 Å². The highest BCUT2D eigenvalue weighted by atomic mass is 79.9. The summed E-state index contributed by atoms with van der Waals surface area (Å²) in [5.41, 5.74) is 9.26. The minimum absolute atomic E-state index is 0.420. The smallest absolute Gasteiger partial charge is 0.303 e. The molecule has 0 bridgehead atoms. The van der Waals surface area contributed by atoms with Crippen molar-refractivity contribution in [3.63, 3.8) is 0 Å². The lowest BCUT2D eigenvalue weighted by Crippen LogP contribution is -2.66. The van der Waals surface area contributed by atoms with Gasteiger partial charge in [0, 0.05) is 46.5 Å². The van der Waals surface area contributed by atoms with Gasteiger partial charge in [-0.25, -0.2) is 0 Å². The number of halogens is 1. The summed E-state index contributed by atoms with van der Waals surface area (Å²) in [7, 11) is 0. The van der Waals surface area contributed by atoms with E-state index in [1.807, 2.05) is 0 Å². The molecule has 0 unspecified atom stereocenters. The van der Waals surface area contributed by atoms with Gasteiger partial charge in [-0.2, -0.15) is 0 Å². The van der Waals surface area contributed by atoms with E-state index >= 15 is 0 Å². The highest BCUT2D eigenvalue weighted by Gasteiger charge is 2.56. The molecule has 0 spiro atoms. The van der Waals surface area contributed by atoms with Gasteiger partial charge in [0.25, 0.3) is 0 Å². The first-order chi connectivity index (χ1) is 20.1. The monoisotopic (exact) mass is 681 g/mol. The Hall–Kier alpha value is -3.51. The van der Waals surface area contributed by atoms with Gasteiger partial charge in [-0.05, 0) is 5.53 Å². The fourth-order valence-electron chi connectivity index (χ4n) is 4.34. The Kier molecular flexibility index (Phi) is 13.6. The highest BCUT2D eigenvalue weighted by Crippen LogP contribution is 2.36. The molecule has 0 amide bonds. The number of nitrogens with zero attached hydrogens (tertiary/aromatic N) is 3. The van der Waals surface area contributed by atoms with Crippen molar-refractivity contribution < 1.29 is 71.4 Å². The summed E-state index contributed by atoms with van der Waals surface area (Å²) < 4.78 is 49.5. The largest absolute Gasteiger partial charge is 0.463 e. The van der Waals surface area contributed by atoms with Gasteiger partial charge in [0.1, 0.15) is 42.6 Å². The Morgan fingerprint density at radius 2 is 1.07 bits per heavy atom. The van der Waals surface area contributed by atoms with Crippen LogP contribution in [-0.2, 0) is 71.4 Å². The van der Waals surface area contributed by atoms with Crippen molar-refractivity contribution in [2.75, 3.05) is 13.2 Å². The van der Waals surface area contributed by atoms with Crippen LogP contribution in [0, 0.1) is 0 Å². The number of carbonyl (C=O) groups excluding carboxylic acids is 6. The molecule has 18 nitrogen and oxygen atoms in total. The third-order valence-corrected chi connectivity index (χ3v) is 6.53. The maximum absolute atomic E-state index is 12.2. The molecule has 2 saturated heterocycles. The van der Waals surface area contributed by atoms with Crippen LogP contribution < -0.4 is 0 Å². The van der Waals surface area contributed by atoms with Crippen LogP contribution in [0.3, 0.4) is 0 Å². The number of azide groups is 1. The predicted octanol–water partition coefficient (Wildman–Crippen LogP) is 0.748. The zero-order valence-corrected chi connectivity index (χ0v) is 25.6. The number of hydrogen-bond donors (Lipinski definition) is 0. The van der Waals surface area contributed by atoms with Crippen LogP contribution in [0.1, 0.15) is 41.5 Å². The molecule has 2 heterocycles. The van der Waals surface area contributed by atoms with Crippen molar-refractivity contribution in [1.29, 1.82) is 0 Å². The van der Waals surface area contributed by atoms with E-state index in [4.69, 9.17) is 42.6 Å². The minimum Gasteiger partial charge on any atom is -0.463 e. The fraction of sp³-hybridized carbons (Fsp3) is 0.750. The number of carbonyl (C=O) groups is 6. The third-order valence-electron chi connectivity index (χ3n) is 5.78. The Morgan fingerprint density at radius 1 is 0.651 bits per heavy atom. The zero-order chi connectivity index (χ0) is 32.4. The van der Waals surface area contributed by atoms with Gasteiger partial charge in [0.15, 0.2) is 30.7 Å². The SMILES string of the molecule is CC(=O)OC[C@H]1O[C@@H](O[C@@H]2[C@@H](N=[N+]=[N-])[C@@H](Br)O[C@H](COC(C)=O)[C@@H]2OC(C)=O)[C@H](OC(C)=O)[C@@H](OC(C)=O)[C@H]1OC(C)=O. The molecule has 10 atom stereocenters. The molecule has 0 radical (unpaired) electrons. The van der Waals surface area contributed by atoms with Gasteiger partial charge < -0.3 is 42.6 Å². The molecule has 0 N–H and O–H groups in total. The summed E-state index contributed by atoms with van der Waals surface area (Å²) in [6, 6.07) is -1.28. The lowest BCUT2D eigenvalue weighted by atomic mass is 9.96. The second-order valence-corrected chi connectivity index (χ2v) is 10.2. The van der Waals surface area contributed by atoms with Crippen molar-refractivity contribution in [2.45, 2.75) is 102 Å². The molecule has 19 heteroatoms. The molecule has 0 saturated carbocycles. The molecule has 43 heavy (non-hydrogen) atoms. The topological polar surface area (TPSA) is 234 Å². The average molecular weight is 682 g/mol. The lowest BCUT2D eigenvalue weighted by molar-refractivity contribution is -0.332. The first-order valence-corrected chi connectivity index (χ1v) is 13.7. The molecule has 0 aliphatic carbocycles. The van der Waals surface area contributed by atoms with Gasteiger partial charge >= 0.3 is 35.8 Å². The molecule has 0 aromatic rings. The Bertz CT molecular complexity index is 1120. The van der Waals surface area contributed by atoms with Gasteiger partial charge in [-0.1, -0.05) is 21.0 Å². The quantitative estimate of drug-likeness (QED) is 0.0730. The molecule has 240 valence electrons. The van der Waals surface area contributed by atoms with E-state index in [1.165, 1.54) is 0 Å². The first-order valence-electron chi connectivity index (χ1n) is 12.7. The first kappa shape index (κ1) is 35.7. The Morgan fingerprint density at radius 3 is 1.51 bits per heavy atom. The van der Waals surface area contributed by atoms with Crippen LogP contribution in [0.15, 0.2) is 5.11 Å². The molecule has 2 rings (SSSR count). The van der Waals surface area contributed by atoms with Crippen LogP contribution in [0.5, 0.6) is 0 Å². The van der Waals surface area contributed by atoms with Crippen LogP contribution in [0.2, 0.25) is 0 Å². The highest BCUT2D eigenvalue weighted by molar-refractivity contribution is 9.09. The van der Waals surface area contributed by atoms with E-state index < -0.39 is 109 Å². The van der Waals surface area contributed by atoms with E-state index in [-0.39, 0.29) is 0 Å². The van der Waals surface area contributed by atoms with Gasteiger partial charge in [0.05, 0.1) is 0 Å². The summed E-state index contributed by atoms with van der Waals surface area (Å²) in [5, 5.41) is 2.59. The average Bonchev–Trinajstić information content (AvgIpc) is 2.87. The molecule has 0 aromatic heterocycles. The number of hydrogen-bond acceptors (Lipinski definition) is 16. The summed E-state index contributed by atoms with van der Waals surface area (Å²) in [4.78, 5) is 74.3. The lowest BCUT2D eigenvalue weighted by Gasteiger charge is -2.48. The molecular weight excluding hydrogens is 650 g/mol. The summed E-state index contributed by atoms with van der Waals surface area (Å²) in [5.74, 6) is -4.82. The summed E-state index contributed by atoms with van der Waals surface area (Å²) in [6.45, 7) is 5.53. The van der Waals surface area contributed by atoms with Crippen molar-refractivity contribution in [3.8, 4) is 0 Å². The fourth-order valence-corrected chi connectivity index (χ4v) is 5.02. The number of rotatable bonds is 11. The van der Waals surface area contributed by atoms with E-state index in [0.29, 0.717) is 0 Å². The van der Waals surface area contributed by atoms with Crippen LogP contribution in [-0.4, -0.2) is 109 Å². The Labute approximate surface area is 253 Å². The number of ether oxygens (including phenoxy) is 9. The van der Waals surface area contributed by atoms with Gasteiger partial charge in [-0.15, -0.1) is 0 Å². The predicted molar refractivity (Wildman–Crippen MR) is 140 cm³/mol. The third kappa shape index (κ3) is 10.6. The van der Waals surface area contributed by atoms with Crippen LogP contribution >= 0.6 is 15.9 Å². The number of esters is 6. The number of alkyl halides is 1. The van der Waals surface area contributed by atoms with E-state index in [2.05, 4.69) is 26.0 Å². The van der Waals surface area contributed by atoms with E-state index in [0.717, 1.165) is 41.5 Å². The molecule has 2 fully saturated rings. The van der Waals surface area contributed by atoms with E-state index in [1.54, 1.807) is 0 Å². The van der Waals surface area contributed by atoms with Crippen LogP contribution in [0.25, 0.3) is 10.4 Å². The minimum atomic E-state index is -1.72. The van der Waals surface area contributed by atoms with Crippen molar-refractivity contribution in [2.24, 2.45) is 5.11 Å². The Balaban J connectivity index is 2.65. The second kappa shape index (κ2) is 16.4. The summed E-state index contributed by atoms with van der Waals surface area (Å²) in [6.07, 6.45) is -11.7. The molecule has 0 aromatic carbocycles. The molecule has 2 aliphatic heterocycles. The zero-order valence-electron chi connectivity index (χ0n) is 24.0. The van der Waals surface area contributed by atoms with Crippen molar-refractivity contribution in [1.82, 2.24) is 0 Å². The van der Waals surface area contributed by atoms with Gasteiger partial charge in [-0.3, -0.25) is 28.8 Å². The van der Waals surface area contributed by atoms with Crippen molar-refractivity contribution >= 4 is 51.7 Å². The van der Waals surface area contributed by atoms with Gasteiger partial charge in [0.2, 0.25) is 0 Å². The standard InChI is InChI=1S/C24H32BrN3O15/c1-9(29)35-7-15-18(37-11(3)31)20(17(27-28-26)23(25)41-15)43-24-22(40-14(6)34)21(39-13(5)33)19(38-12(4)32)16(42-24)8-36-10(2)30/h15-24H,7-8H2,1-6H3/t15-,16-,17-,18+,19+,20-,21+,22-,23+,24+/m1/s1. The van der Waals surface area contributed by atoms with Crippen LogP contribution in [0.4, 0.5) is 0 Å².